The molecule has 0 unspecified atom stereocenters. The van der Waals surface area contributed by atoms with Crippen molar-refractivity contribution >= 4 is 26.4 Å². The third-order valence-corrected chi connectivity index (χ3v) is 6.24. The number of ether oxygens (including phenoxy) is 1. The van der Waals surface area contributed by atoms with Gasteiger partial charge in [-0.3, -0.25) is 4.79 Å². The van der Waals surface area contributed by atoms with Gasteiger partial charge in [0.1, 0.15) is 5.75 Å². The van der Waals surface area contributed by atoms with Crippen molar-refractivity contribution in [2.45, 2.75) is 23.8 Å². The quantitative estimate of drug-likeness (QED) is 0.579. The van der Waals surface area contributed by atoms with Gasteiger partial charge in [-0.2, -0.15) is 4.52 Å². The van der Waals surface area contributed by atoms with Crippen LogP contribution >= 0.6 is 0 Å². The molecule has 4 aromatic rings. The van der Waals surface area contributed by atoms with Crippen LogP contribution in [0.2, 0.25) is 0 Å². The second-order valence-corrected chi connectivity index (χ2v) is 8.10. The minimum Gasteiger partial charge on any atom is -0.497 e. The van der Waals surface area contributed by atoms with Crippen molar-refractivity contribution in [2.24, 2.45) is 0 Å². The van der Waals surface area contributed by atoms with Crippen molar-refractivity contribution in [2.75, 3.05) is 7.11 Å². The number of nitrogens with zero attached hydrogens (tertiary/aromatic N) is 3. The summed E-state index contributed by atoms with van der Waals surface area (Å²) in [6.07, 6.45) is 0. The highest BCUT2D eigenvalue weighted by Crippen LogP contribution is 2.26. The standard InChI is InChI=1S/C18H16N4O4S/c1-10-4-7-15(11(2)8-10)27(24,25)18-16-19-17(23)13-9-12(26-3)5-6-14(13)22(16)21-20-18/h4-9H,1-3H3,(H,19,23). The van der Waals surface area contributed by atoms with Crippen molar-refractivity contribution in [1.82, 2.24) is 19.8 Å². The fourth-order valence-corrected chi connectivity index (χ4v) is 4.59. The van der Waals surface area contributed by atoms with Crippen molar-refractivity contribution in [3.63, 3.8) is 0 Å². The summed E-state index contributed by atoms with van der Waals surface area (Å²) in [6, 6.07) is 9.90. The number of aromatic amines is 1. The molecule has 0 atom stereocenters. The zero-order valence-corrected chi connectivity index (χ0v) is 15.7. The highest BCUT2D eigenvalue weighted by atomic mass is 32.2. The maximum atomic E-state index is 13.1. The van der Waals surface area contributed by atoms with E-state index in [4.69, 9.17) is 4.74 Å². The average molecular weight is 384 g/mol. The number of methoxy groups -OCH3 is 1. The molecule has 0 saturated carbocycles. The predicted molar refractivity (Wildman–Crippen MR) is 99.0 cm³/mol. The van der Waals surface area contributed by atoms with Crippen LogP contribution in [0.1, 0.15) is 11.1 Å². The molecule has 0 amide bonds. The summed E-state index contributed by atoms with van der Waals surface area (Å²) in [6.45, 7) is 3.60. The first-order chi connectivity index (χ1) is 12.8. The first-order valence-corrected chi connectivity index (χ1v) is 9.59. The number of fused-ring (bicyclic) bond motifs is 3. The summed E-state index contributed by atoms with van der Waals surface area (Å²) >= 11 is 0. The van der Waals surface area contributed by atoms with Gasteiger partial charge < -0.3 is 9.72 Å². The van der Waals surface area contributed by atoms with Gasteiger partial charge in [-0.15, -0.1) is 5.10 Å². The molecule has 2 aromatic heterocycles. The Morgan fingerprint density at radius 2 is 1.89 bits per heavy atom. The number of sulfone groups is 1. The van der Waals surface area contributed by atoms with E-state index in [-0.39, 0.29) is 15.6 Å². The third-order valence-electron chi connectivity index (χ3n) is 4.42. The summed E-state index contributed by atoms with van der Waals surface area (Å²) in [5.74, 6) is 0.510. The average Bonchev–Trinajstić information content (AvgIpc) is 3.05. The molecule has 0 fully saturated rings. The lowest BCUT2D eigenvalue weighted by Crippen LogP contribution is -2.12. The maximum Gasteiger partial charge on any atom is 0.259 e. The lowest BCUT2D eigenvalue weighted by Gasteiger charge is -2.07. The Labute approximate surface area is 154 Å². The van der Waals surface area contributed by atoms with E-state index in [1.165, 1.54) is 17.7 Å². The van der Waals surface area contributed by atoms with Crippen LogP contribution in [-0.2, 0) is 9.84 Å². The Hall–Kier alpha value is -3.20. The molecule has 27 heavy (non-hydrogen) atoms. The van der Waals surface area contributed by atoms with Crippen LogP contribution in [0.5, 0.6) is 5.75 Å². The topological polar surface area (TPSA) is 106 Å². The summed E-state index contributed by atoms with van der Waals surface area (Å²) in [4.78, 5) is 15.2. The van der Waals surface area contributed by atoms with E-state index in [9.17, 15) is 13.2 Å². The first-order valence-electron chi connectivity index (χ1n) is 8.10. The lowest BCUT2D eigenvalue weighted by molar-refractivity contribution is 0.415. The number of rotatable bonds is 3. The number of aromatic nitrogens is 4. The Kier molecular flexibility index (Phi) is 3.77. The molecule has 0 spiro atoms. The fraction of sp³-hybridized carbons (Fsp3) is 0.167. The molecular formula is C18H16N4O4S. The summed E-state index contributed by atoms with van der Waals surface area (Å²) in [5.41, 5.74) is 1.56. The van der Waals surface area contributed by atoms with E-state index in [0.29, 0.717) is 22.2 Å². The first kappa shape index (κ1) is 17.2. The number of hydrogen-bond acceptors (Lipinski definition) is 6. The highest BCUT2D eigenvalue weighted by molar-refractivity contribution is 7.91. The van der Waals surface area contributed by atoms with Crippen LogP contribution in [0.4, 0.5) is 0 Å². The maximum absolute atomic E-state index is 13.1. The Morgan fingerprint density at radius 1 is 1.11 bits per heavy atom. The summed E-state index contributed by atoms with van der Waals surface area (Å²) in [7, 11) is -2.46. The molecular weight excluding hydrogens is 368 g/mol. The third kappa shape index (κ3) is 2.58. The number of benzene rings is 2. The Balaban J connectivity index is 2.02. The van der Waals surface area contributed by atoms with Gasteiger partial charge in [0, 0.05) is 0 Å². The van der Waals surface area contributed by atoms with E-state index < -0.39 is 15.4 Å². The number of hydrogen-bond donors (Lipinski definition) is 1. The lowest BCUT2D eigenvalue weighted by atomic mass is 10.2. The van der Waals surface area contributed by atoms with Gasteiger partial charge in [0.25, 0.3) is 5.56 Å². The molecule has 0 aliphatic carbocycles. The number of aryl methyl sites for hydroxylation is 2. The van der Waals surface area contributed by atoms with E-state index in [1.807, 2.05) is 6.92 Å². The number of H-pyrrole nitrogens is 1. The molecule has 4 rings (SSSR count). The predicted octanol–water partition coefficient (Wildman–Crippen LogP) is 2.03. The molecule has 0 aliphatic heterocycles. The molecule has 2 heterocycles. The molecule has 138 valence electrons. The number of nitrogens with one attached hydrogen (secondary N) is 1. The van der Waals surface area contributed by atoms with Crippen LogP contribution in [0, 0.1) is 13.8 Å². The molecule has 0 radical (unpaired) electrons. The van der Waals surface area contributed by atoms with Crippen molar-refractivity contribution in [3.8, 4) is 5.75 Å². The van der Waals surface area contributed by atoms with Crippen LogP contribution in [0.3, 0.4) is 0 Å². The minimum absolute atomic E-state index is 0.0256. The molecule has 2 aromatic carbocycles. The second kappa shape index (κ2) is 5.92. The van der Waals surface area contributed by atoms with Crippen LogP contribution in [0.15, 0.2) is 51.1 Å². The van der Waals surface area contributed by atoms with Gasteiger partial charge in [0.15, 0.2) is 5.65 Å². The van der Waals surface area contributed by atoms with Crippen molar-refractivity contribution in [3.05, 3.63) is 57.9 Å². The second-order valence-electron chi connectivity index (χ2n) is 6.26. The normalized spacial score (nSPS) is 12.0. The van der Waals surface area contributed by atoms with Gasteiger partial charge in [-0.25, -0.2) is 8.42 Å². The van der Waals surface area contributed by atoms with Gasteiger partial charge in [0.05, 0.1) is 22.9 Å². The monoisotopic (exact) mass is 384 g/mol. The molecule has 9 heteroatoms. The zero-order valence-electron chi connectivity index (χ0n) is 14.8. The van der Waals surface area contributed by atoms with Gasteiger partial charge in [-0.1, -0.05) is 22.9 Å². The minimum atomic E-state index is -3.96. The molecule has 0 aliphatic rings. The summed E-state index contributed by atoms with van der Waals surface area (Å²) < 4.78 is 32.7. The van der Waals surface area contributed by atoms with Crippen molar-refractivity contribution < 1.29 is 13.2 Å². The molecule has 0 bridgehead atoms. The van der Waals surface area contributed by atoms with Crippen LogP contribution in [0.25, 0.3) is 16.6 Å². The van der Waals surface area contributed by atoms with E-state index in [2.05, 4.69) is 15.3 Å². The molecule has 8 nitrogen and oxygen atoms in total. The van der Waals surface area contributed by atoms with Crippen LogP contribution < -0.4 is 10.3 Å². The van der Waals surface area contributed by atoms with E-state index in [0.717, 1.165) is 5.56 Å². The highest BCUT2D eigenvalue weighted by Gasteiger charge is 2.27. The Bertz CT molecular complexity index is 1370. The van der Waals surface area contributed by atoms with Gasteiger partial charge >= 0.3 is 0 Å². The van der Waals surface area contributed by atoms with Gasteiger partial charge in [0.2, 0.25) is 14.9 Å². The molecule has 1 N–H and O–H groups in total. The van der Waals surface area contributed by atoms with Crippen molar-refractivity contribution in [1.29, 1.82) is 0 Å². The fourth-order valence-electron chi connectivity index (χ4n) is 3.11. The summed E-state index contributed by atoms with van der Waals surface area (Å²) in [5, 5.41) is 7.86. The van der Waals surface area contributed by atoms with E-state index in [1.54, 1.807) is 37.3 Å². The van der Waals surface area contributed by atoms with Crippen LogP contribution in [-0.4, -0.2) is 35.3 Å². The van der Waals surface area contributed by atoms with E-state index >= 15 is 0 Å². The van der Waals surface area contributed by atoms with Gasteiger partial charge in [-0.05, 0) is 43.7 Å². The molecule has 0 saturated heterocycles. The zero-order chi connectivity index (χ0) is 19.3. The smallest absolute Gasteiger partial charge is 0.259 e. The SMILES string of the molecule is COc1ccc2c(c1)c(=O)[nH]c1c(S(=O)(=O)c3ccc(C)cc3C)nnn12. The largest absolute Gasteiger partial charge is 0.497 e. The Morgan fingerprint density at radius 3 is 2.59 bits per heavy atom.